The Morgan fingerprint density at radius 1 is 0.385 bits per heavy atom. The third-order valence-electron chi connectivity index (χ3n) is 0. The summed E-state index contributed by atoms with van der Waals surface area (Å²) in [7, 11) is 0. The van der Waals surface area contributed by atoms with E-state index in [1.54, 1.807) is 0 Å². The van der Waals surface area contributed by atoms with Crippen LogP contribution in [0.5, 0.6) is 0 Å². The molecule has 14 heteroatoms. The molecule has 0 bridgehead atoms. The van der Waals surface area contributed by atoms with Crippen molar-refractivity contribution in [3.63, 3.8) is 0 Å². The molecular formula is C12H18BiNaO12. The molecule has 0 heterocycles. The zero-order chi connectivity index (χ0) is 21.5. The number of hydrogen-bond donors (Lipinski definition) is 0. The molecule has 0 aliphatic heterocycles. The molecule has 0 rings (SSSR count). The van der Waals surface area contributed by atoms with Crippen molar-refractivity contribution in [1.29, 1.82) is 0 Å². The Morgan fingerprint density at radius 2 is 0.385 bits per heavy atom. The Kier molecular flexibility index (Phi) is 83.8. The molecule has 0 radical (unpaired) electrons. The second kappa shape index (κ2) is 43.8. The van der Waals surface area contributed by atoms with E-state index in [9.17, 15) is 0 Å². The number of carbonyl (C=O) groups excluding carboxylic acids is 6. The van der Waals surface area contributed by atoms with Crippen molar-refractivity contribution < 1.29 is 89.0 Å². The van der Waals surface area contributed by atoms with Crippen molar-refractivity contribution >= 4 is 62.0 Å². The Labute approximate surface area is 191 Å². The molecule has 26 heavy (non-hydrogen) atoms. The topological polar surface area (TPSA) is 241 Å². The fraction of sp³-hybridized carbons (Fsp3) is 0.500. The van der Waals surface area contributed by atoms with Crippen LogP contribution >= 0.6 is 0 Å². The van der Waals surface area contributed by atoms with Crippen molar-refractivity contribution in [1.82, 2.24) is 0 Å². The standard InChI is InChI=1S/6C2H4O2.Bi.Na/c6*1-2(3)4;;/h6*1H3,(H,3,4);;/q;;;;;;+5;+1/p-6. The van der Waals surface area contributed by atoms with Gasteiger partial charge < -0.3 is 59.4 Å². The minimum atomic E-state index is -1.08. The molecule has 0 aromatic rings. The van der Waals surface area contributed by atoms with Crippen LogP contribution in [0.2, 0.25) is 0 Å². The van der Waals surface area contributed by atoms with Gasteiger partial charge in [-0.1, -0.05) is 0 Å². The largest absolute Gasteiger partial charge is 5.00 e. The molecule has 0 N–H and O–H groups in total. The average molecular weight is 586 g/mol. The van der Waals surface area contributed by atoms with Gasteiger partial charge in [-0.2, -0.15) is 0 Å². The van der Waals surface area contributed by atoms with Crippen molar-refractivity contribution in [3.05, 3.63) is 0 Å². The van der Waals surface area contributed by atoms with Crippen molar-refractivity contribution in [3.8, 4) is 0 Å². The summed E-state index contributed by atoms with van der Waals surface area (Å²) in [6.07, 6.45) is 0. The molecule has 0 aliphatic rings. The van der Waals surface area contributed by atoms with Crippen molar-refractivity contribution in [2.45, 2.75) is 41.5 Å². The van der Waals surface area contributed by atoms with Crippen molar-refractivity contribution in [2.75, 3.05) is 0 Å². The van der Waals surface area contributed by atoms with E-state index in [0.29, 0.717) is 0 Å². The molecule has 0 fully saturated rings. The number of aliphatic carboxylic acids is 6. The van der Waals surface area contributed by atoms with Gasteiger partial charge in [0.15, 0.2) is 0 Å². The third-order valence-corrected chi connectivity index (χ3v) is 0. The molecule has 0 aromatic carbocycles. The van der Waals surface area contributed by atoms with Crippen LogP contribution in [0.25, 0.3) is 0 Å². The summed E-state index contributed by atoms with van der Waals surface area (Å²) < 4.78 is 0. The Balaban J connectivity index is -0.0000000245. The maximum atomic E-state index is 8.89. The summed E-state index contributed by atoms with van der Waals surface area (Å²) in [6.45, 7) is 5.83. The summed E-state index contributed by atoms with van der Waals surface area (Å²) in [5, 5.41) is 53.3. The van der Waals surface area contributed by atoms with E-state index in [0.717, 1.165) is 41.5 Å². The van der Waals surface area contributed by atoms with Gasteiger partial charge >= 0.3 is 55.8 Å². The average Bonchev–Trinajstić information content (AvgIpc) is 2.08. The second-order valence-corrected chi connectivity index (χ2v) is 2.95. The van der Waals surface area contributed by atoms with Gasteiger partial charge in [0.25, 0.3) is 0 Å². The molecular weight excluding hydrogens is 568 g/mol. The number of carboxylic acids is 6. The van der Waals surface area contributed by atoms with Crippen LogP contribution < -0.4 is 60.2 Å². The summed E-state index contributed by atoms with van der Waals surface area (Å²) in [6, 6.07) is 0. The minimum Gasteiger partial charge on any atom is -0.550 e. The summed E-state index contributed by atoms with van der Waals surface area (Å²) in [5.41, 5.74) is 0. The van der Waals surface area contributed by atoms with Crippen LogP contribution in [0.1, 0.15) is 41.5 Å². The first-order valence-corrected chi connectivity index (χ1v) is 5.45. The number of carbonyl (C=O) groups is 6. The first-order valence-electron chi connectivity index (χ1n) is 5.45. The van der Waals surface area contributed by atoms with Gasteiger partial charge in [0.05, 0.1) is 0 Å². The van der Waals surface area contributed by atoms with Crippen LogP contribution in [-0.4, -0.2) is 62.0 Å². The van der Waals surface area contributed by atoms with E-state index in [-0.39, 0.29) is 55.8 Å². The van der Waals surface area contributed by atoms with Crippen molar-refractivity contribution in [2.24, 2.45) is 0 Å². The first kappa shape index (κ1) is 49.7. The Morgan fingerprint density at radius 3 is 0.385 bits per heavy atom. The SMILES string of the molecule is CC(=O)[O-].CC(=O)[O-].CC(=O)[O-].CC(=O)[O-].CC(=O)[O-].CC(=O)[O-].[Bi+5].[Na+]. The molecule has 0 unspecified atom stereocenters. The molecule has 12 nitrogen and oxygen atoms in total. The van der Waals surface area contributed by atoms with Crippen LogP contribution in [0.15, 0.2) is 0 Å². The van der Waals surface area contributed by atoms with Gasteiger partial charge in [-0.05, 0) is 41.5 Å². The van der Waals surface area contributed by atoms with Gasteiger partial charge in [0.2, 0.25) is 0 Å². The van der Waals surface area contributed by atoms with E-state index >= 15 is 0 Å². The second-order valence-electron chi connectivity index (χ2n) is 2.95. The molecule has 0 aromatic heterocycles. The molecule has 0 amide bonds. The zero-order valence-corrected chi connectivity index (χ0v) is 20.8. The summed E-state index contributed by atoms with van der Waals surface area (Å²) >= 11 is 0. The Bertz CT molecular complexity index is 267. The van der Waals surface area contributed by atoms with Crippen LogP contribution in [0.3, 0.4) is 0 Å². The van der Waals surface area contributed by atoms with E-state index < -0.39 is 35.8 Å². The zero-order valence-electron chi connectivity index (χ0n) is 15.3. The normalized spacial score (nSPS) is 5.77. The molecule has 0 aliphatic carbocycles. The quantitative estimate of drug-likeness (QED) is 0.240. The molecule has 0 saturated carbocycles. The maximum absolute atomic E-state index is 8.89. The van der Waals surface area contributed by atoms with E-state index in [1.807, 2.05) is 0 Å². The van der Waals surface area contributed by atoms with Gasteiger partial charge in [-0.15, -0.1) is 0 Å². The third kappa shape index (κ3) is 6360. The summed E-state index contributed by atoms with van der Waals surface area (Å²) in [4.78, 5) is 53.3. The Hall–Kier alpha value is -1.30. The van der Waals surface area contributed by atoms with Crippen LogP contribution in [0.4, 0.5) is 0 Å². The molecule has 0 spiro atoms. The minimum absolute atomic E-state index is 0. The number of carboxylic acid groups (broad SMARTS) is 6. The smallest absolute Gasteiger partial charge is 0.550 e. The van der Waals surface area contributed by atoms with Crippen LogP contribution in [0, 0.1) is 0 Å². The fourth-order valence-corrected chi connectivity index (χ4v) is 0. The van der Waals surface area contributed by atoms with Gasteiger partial charge in [-0.3, -0.25) is 0 Å². The molecule has 0 saturated heterocycles. The number of rotatable bonds is 0. The van der Waals surface area contributed by atoms with E-state index in [4.69, 9.17) is 59.4 Å². The molecule has 144 valence electrons. The first-order chi connectivity index (χ1) is 10.4. The predicted octanol–water partition coefficient (Wildman–Crippen LogP) is -10.8. The maximum Gasteiger partial charge on any atom is 5.00 e. The number of hydrogen-bond acceptors (Lipinski definition) is 12. The monoisotopic (exact) mass is 586 g/mol. The van der Waals surface area contributed by atoms with E-state index in [1.165, 1.54) is 0 Å². The molecule has 0 atom stereocenters. The summed E-state index contributed by atoms with van der Waals surface area (Å²) in [5.74, 6) is -6.50. The van der Waals surface area contributed by atoms with Gasteiger partial charge in [0, 0.05) is 35.8 Å². The van der Waals surface area contributed by atoms with Gasteiger partial charge in [-0.25, -0.2) is 0 Å². The predicted molar refractivity (Wildman–Crippen MR) is 69.8 cm³/mol. The van der Waals surface area contributed by atoms with Crippen LogP contribution in [-0.2, 0) is 28.8 Å². The van der Waals surface area contributed by atoms with E-state index in [2.05, 4.69) is 0 Å². The van der Waals surface area contributed by atoms with Gasteiger partial charge in [0.1, 0.15) is 0 Å². The fourth-order valence-electron chi connectivity index (χ4n) is 0.